The monoisotopic (exact) mass is 209 g/mol. The lowest BCUT2D eigenvalue weighted by atomic mass is 10.4. The van der Waals surface area contributed by atoms with Gasteiger partial charge in [-0.1, -0.05) is 0 Å². The molecule has 0 bridgehead atoms. The summed E-state index contributed by atoms with van der Waals surface area (Å²) < 4.78 is 1.78. The highest BCUT2D eigenvalue weighted by Crippen LogP contribution is 1.95. The number of aromatic nitrogens is 2. The second-order valence-electron chi connectivity index (χ2n) is 3.21. The molecule has 0 fully saturated rings. The standard InChI is InChI=1S/C10H19N5/c1-4-11-10(12-5-2)13-8-9-6-7-15(3)14-9/h6-7H,4-5,8H2,1-3H3,(H2,11,12,13). The number of rotatable bonds is 4. The normalized spacial score (nSPS) is 9.80. The van der Waals surface area contributed by atoms with Crippen LogP contribution in [0.2, 0.25) is 0 Å². The lowest BCUT2D eigenvalue weighted by Crippen LogP contribution is -2.36. The predicted octanol–water partition coefficient (Wildman–Crippen LogP) is 0.495. The number of aryl methyl sites for hydroxylation is 1. The summed E-state index contributed by atoms with van der Waals surface area (Å²) in [5.74, 6) is 0.839. The summed E-state index contributed by atoms with van der Waals surface area (Å²) >= 11 is 0. The topological polar surface area (TPSA) is 54.2 Å². The van der Waals surface area contributed by atoms with Gasteiger partial charge in [-0.25, -0.2) is 4.99 Å². The van der Waals surface area contributed by atoms with Crippen LogP contribution in [0, 0.1) is 0 Å². The Kier molecular flexibility index (Phi) is 4.66. The van der Waals surface area contributed by atoms with Crippen molar-refractivity contribution < 1.29 is 0 Å². The summed E-state index contributed by atoms with van der Waals surface area (Å²) in [6, 6.07) is 1.97. The number of guanidine groups is 1. The third-order valence-electron chi connectivity index (χ3n) is 1.86. The quantitative estimate of drug-likeness (QED) is 0.560. The Morgan fingerprint density at radius 2 is 2.07 bits per heavy atom. The summed E-state index contributed by atoms with van der Waals surface area (Å²) in [4.78, 5) is 4.41. The van der Waals surface area contributed by atoms with Gasteiger partial charge in [-0.05, 0) is 19.9 Å². The molecule has 0 saturated heterocycles. The van der Waals surface area contributed by atoms with Gasteiger partial charge in [0.2, 0.25) is 0 Å². The molecular formula is C10H19N5. The molecule has 0 aliphatic heterocycles. The van der Waals surface area contributed by atoms with E-state index in [0.717, 1.165) is 24.7 Å². The van der Waals surface area contributed by atoms with Crippen LogP contribution < -0.4 is 10.6 Å². The fraction of sp³-hybridized carbons (Fsp3) is 0.600. The van der Waals surface area contributed by atoms with Crippen molar-refractivity contribution in [3.8, 4) is 0 Å². The van der Waals surface area contributed by atoms with Gasteiger partial charge in [-0.2, -0.15) is 5.10 Å². The Hall–Kier alpha value is -1.52. The minimum atomic E-state index is 0.607. The Balaban J connectivity index is 2.52. The number of aliphatic imine (C=N–C) groups is 1. The van der Waals surface area contributed by atoms with E-state index in [1.54, 1.807) is 4.68 Å². The summed E-state index contributed by atoms with van der Waals surface area (Å²) in [7, 11) is 1.91. The maximum atomic E-state index is 4.41. The van der Waals surface area contributed by atoms with Crippen LogP contribution >= 0.6 is 0 Å². The molecule has 0 saturated carbocycles. The Morgan fingerprint density at radius 3 is 2.53 bits per heavy atom. The molecule has 2 N–H and O–H groups in total. The first-order valence-electron chi connectivity index (χ1n) is 5.27. The summed E-state index contributed by atoms with van der Waals surface area (Å²) in [6.45, 7) is 6.44. The minimum absolute atomic E-state index is 0.607. The van der Waals surface area contributed by atoms with Gasteiger partial charge in [0, 0.05) is 26.3 Å². The highest BCUT2D eigenvalue weighted by molar-refractivity contribution is 5.79. The SMILES string of the molecule is CCNC(=NCc1ccn(C)n1)NCC. The van der Waals surface area contributed by atoms with Crippen molar-refractivity contribution in [2.24, 2.45) is 12.0 Å². The average molecular weight is 209 g/mol. The second kappa shape index (κ2) is 6.06. The van der Waals surface area contributed by atoms with E-state index in [2.05, 4.69) is 20.7 Å². The van der Waals surface area contributed by atoms with E-state index in [1.165, 1.54) is 0 Å². The Morgan fingerprint density at radius 1 is 1.40 bits per heavy atom. The molecule has 84 valence electrons. The van der Waals surface area contributed by atoms with Crippen LogP contribution in [0.25, 0.3) is 0 Å². The van der Waals surface area contributed by atoms with Gasteiger partial charge in [-0.15, -0.1) is 0 Å². The molecule has 0 aliphatic carbocycles. The Labute approximate surface area is 90.6 Å². The second-order valence-corrected chi connectivity index (χ2v) is 3.21. The van der Waals surface area contributed by atoms with Gasteiger partial charge in [-0.3, -0.25) is 4.68 Å². The molecule has 1 aromatic heterocycles. The maximum Gasteiger partial charge on any atom is 0.191 e. The fourth-order valence-electron chi connectivity index (χ4n) is 1.22. The van der Waals surface area contributed by atoms with Crippen molar-refractivity contribution in [2.45, 2.75) is 20.4 Å². The van der Waals surface area contributed by atoms with Crippen LogP contribution in [0.15, 0.2) is 17.3 Å². The van der Waals surface area contributed by atoms with E-state index in [4.69, 9.17) is 0 Å². The molecule has 5 nitrogen and oxygen atoms in total. The first kappa shape index (κ1) is 11.6. The molecule has 0 aromatic carbocycles. The lowest BCUT2D eigenvalue weighted by Gasteiger charge is -2.08. The smallest absolute Gasteiger partial charge is 0.191 e. The maximum absolute atomic E-state index is 4.41. The van der Waals surface area contributed by atoms with E-state index < -0.39 is 0 Å². The van der Waals surface area contributed by atoms with Gasteiger partial charge in [0.05, 0.1) is 12.2 Å². The zero-order chi connectivity index (χ0) is 11.1. The first-order chi connectivity index (χ1) is 7.26. The summed E-state index contributed by atoms with van der Waals surface area (Å²) in [5, 5.41) is 10.6. The molecule has 0 aliphatic rings. The van der Waals surface area contributed by atoms with E-state index >= 15 is 0 Å². The molecule has 1 rings (SSSR count). The summed E-state index contributed by atoms with van der Waals surface area (Å²) in [5.41, 5.74) is 0.978. The van der Waals surface area contributed by atoms with Crippen molar-refractivity contribution >= 4 is 5.96 Å². The predicted molar refractivity (Wildman–Crippen MR) is 61.7 cm³/mol. The van der Waals surface area contributed by atoms with Gasteiger partial charge in [0.25, 0.3) is 0 Å². The van der Waals surface area contributed by atoms with Crippen molar-refractivity contribution in [2.75, 3.05) is 13.1 Å². The molecule has 0 spiro atoms. The Bertz CT molecular complexity index is 307. The van der Waals surface area contributed by atoms with Gasteiger partial charge in [0.1, 0.15) is 0 Å². The summed E-state index contributed by atoms with van der Waals surface area (Å²) in [6.07, 6.45) is 1.92. The number of hydrogen-bond acceptors (Lipinski definition) is 2. The van der Waals surface area contributed by atoms with Crippen LogP contribution in [0.3, 0.4) is 0 Å². The van der Waals surface area contributed by atoms with Crippen molar-refractivity contribution in [1.29, 1.82) is 0 Å². The molecular weight excluding hydrogens is 190 g/mol. The molecule has 0 radical (unpaired) electrons. The number of nitrogens with zero attached hydrogens (tertiary/aromatic N) is 3. The minimum Gasteiger partial charge on any atom is -0.357 e. The van der Waals surface area contributed by atoms with Crippen LogP contribution in [-0.4, -0.2) is 28.8 Å². The van der Waals surface area contributed by atoms with Crippen LogP contribution in [0.4, 0.5) is 0 Å². The lowest BCUT2D eigenvalue weighted by molar-refractivity contribution is 0.739. The molecule has 5 heteroatoms. The highest BCUT2D eigenvalue weighted by atomic mass is 15.3. The van der Waals surface area contributed by atoms with Gasteiger partial charge < -0.3 is 10.6 Å². The van der Waals surface area contributed by atoms with E-state index in [-0.39, 0.29) is 0 Å². The fourth-order valence-corrected chi connectivity index (χ4v) is 1.22. The van der Waals surface area contributed by atoms with E-state index in [9.17, 15) is 0 Å². The third-order valence-corrected chi connectivity index (χ3v) is 1.86. The van der Waals surface area contributed by atoms with E-state index in [0.29, 0.717) is 6.54 Å². The molecule has 0 atom stereocenters. The number of hydrogen-bond donors (Lipinski definition) is 2. The molecule has 1 heterocycles. The van der Waals surface area contributed by atoms with Gasteiger partial charge >= 0.3 is 0 Å². The van der Waals surface area contributed by atoms with Crippen molar-refractivity contribution in [1.82, 2.24) is 20.4 Å². The molecule has 1 aromatic rings. The molecule has 15 heavy (non-hydrogen) atoms. The first-order valence-corrected chi connectivity index (χ1v) is 5.27. The van der Waals surface area contributed by atoms with Crippen molar-refractivity contribution in [3.63, 3.8) is 0 Å². The highest BCUT2D eigenvalue weighted by Gasteiger charge is 1.97. The van der Waals surface area contributed by atoms with E-state index in [1.807, 2.05) is 33.2 Å². The molecule has 0 unspecified atom stereocenters. The van der Waals surface area contributed by atoms with Crippen LogP contribution in [0.1, 0.15) is 19.5 Å². The third kappa shape index (κ3) is 4.01. The van der Waals surface area contributed by atoms with Crippen molar-refractivity contribution in [3.05, 3.63) is 18.0 Å². The van der Waals surface area contributed by atoms with Crippen LogP contribution in [-0.2, 0) is 13.6 Å². The zero-order valence-electron chi connectivity index (χ0n) is 9.62. The molecule has 0 amide bonds. The van der Waals surface area contributed by atoms with Crippen LogP contribution in [0.5, 0.6) is 0 Å². The van der Waals surface area contributed by atoms with Gasteiger partial charge in [0.15, 0.2) is 5.96 Å². The largest absolute Gasteiger partial charge is 0.357 e. The number of nitrogens with one attached hydrogen (secondary N) is 2. The zero-order valence-corrected chi connectivity index (χ0v) is 9.62. The average Bonchev–Trinajstić information content (AvgIpc) is 2.61.